The van der Waals surface area contributed by atoms with Crippen LogP contribution in [0.3, 0.4) is 0 Å². The SMILES string of the molecule is CC(C)CC(=O)N1CCc2ccc(OCc3nc(C(=O)NCc4ccccc4)cs3)cc2C1c1ccccc1. The number of thiazole rings is 1. The number of fused-ring (bicyclic) bond motifs is 1. The normalized spacial score (nSPS) is 14.6. The molecule has 3 aromatic carbocycles. The number of nitrogens with zero attached hydrogens (tertiary/aromatic N) is 2. The van der Waals surface area contributed by atoms with Gasteiger partial charge in [0, 0.05) is 24.9 Å². The van der Waals surface area contributed by atoms with Crippen molar-refractivity contribution in [3.8, 4) is 5.75 Å². The first-order valence-electron chi connectivity index (χ1n) is 13.3. The van der Waals surface area contributed by atoms with Gasteiger partial charge in [0.15, 0.2) is 0 Å². The summed E-state index contributed by atoms with van der Waals surface area (Å²) < 4.78 is 6.14. The Kier molecular flexibility index (Phi) is 8.37. The zero-order valence-corrected chi connectivity index (χ0v) is 23.1. The minimum atomic E-state index is -0.202. The van der Waals surface area contributed by atoms with Gasteiger partial charge in [-0.3, -0.25) is 9.59 Å². The standard InChI is InChI=1S/C32H33N3O3S/c1-22(2)17-30(36)35-16-15-24-13-14-26(18-27(24)31(35)25-11-7-4-8-12-25)38-20-29-34-28(21-39-29)32(37)33-19-23-9-5-3-6-10-23/h3-14,18,21-22,31H,15-17,19-20H2,1-2H3,(H,33,37). The summed E-state index contributed by atoms with van der Waals surface area (Å²) in [7, 11) is 0. The average molecular weight is 540 g/mol. The Morgan fingerprint density at radius 1 is 1.05 bits per heavy atom. The van der Waals surface area contributed by atoms with E-state index in [-0.39, 0.29) is 24.5 Å². The van der Waals surface area contributed by atoms with E-state index in [1.807, 2.05) is 59.5 Å². The molecule has 0 bridgehead atoms. The van der Waals surface area contributed by atoms with Gasteiger partial charge in [-0.05, 0) is 46.7 Å². The van der Waals surface area contributed by atoms with Crippen LogP contribution in [0.15, 0.2) is 84.2 Å². The Balaban J connectivity index is 1.29. The van der Waals surface area contributed by atoms with Crippen LogP contribution in [0.25, 0.3) is 0 Å². The molecule has 1 aromatic heterocycles. The highest BCUT2D eigenvalue weighted by Gasteiger charge is 2.32. The number of nitrogens with one attached hydrogen (secondary N) is 1. The summed E-state index contributed by atoms with van der Waals surface area (Å²) in [5, 5.41) is 5.40. The molecule has 2 heterocycles. The first kappa shape index (κ1) is 26.6. The number of benzene rings is 3. The Hall–Kier alpha value is -3.97. The highest BCUT2D eigenvalue weighted by atomic mass is 32.1. The molecule has 6 nitrogen and oxygen atoms in total. The van der Waals surface area contributed by atoms with Gasteiger partial charge in [0.1, 0.15) is 23.1 Å². The number of rotatable bonds is 9. The van der Waals surface area contributed by atoms with E-state index in [0.29, 0.717) is 31.1 Å². The predicted molar refractivity (Wildman–Crippen MR) is 154 cm³/mol. The van der Waals surface area contributed by atoms with Crippen LogP contribution in [-0.4, -0.2) is 28.2 Å². The minimum absolute atomic E-state index is 0.149. The Morgan fingerprint density at radius 2 is 1.79 bits per heavy atom. The van der Waals surface area contributed by atoms with Crippen molar-refractivity contribution in [1.29, 1.82) is 0 Å². The zero-order chi connectivity index (χ0) is 27.2. The molecule has 0 saturated heterocycles. The molecular weight excluding hydrogens is 506 g/mol. The van der Waals surface area contributed by atoms with Crippen molar-refractivity contribution in [1.82, 2.24) is 15.2 Å². The lowest BCUT2D eigenvalue weighted by molar-refractivity contribution is -0.134. The van der Waals surface area contributed by atoms with Crippen LogP contribution >= 0.6 is 11.3 Å². The third kappa shape index (κ3) is 6.55. The number of aromatic nitrogens is 1. The summed E-state index contributed by atoms with van der Waals surface area (Å²) in [6, 6.07) is 26.0. The van der Waals surface area contributed by atoms with Gasteiger partial charge >= 0.3 is 0 Å². The maximum Gasteiger partial charge on any atom is 0.271 e. The molecule has 1 N–H and O–H groups in total. The van der Waals surface area contributed by atoms with Crippen LogP contribution in [0.2, 0.25) is 0 Å². The van der Waals surface area contributed by atoms with Crippen molar-refractivity contribution in [3.05, 3.63) is 117 Å². The smallest absolute Gasteiger partial charge is 0.271 e. The maximum atomic E-state index is 13.2. The van der Waals surface area contributed by atoms with Gasteiger partial charge in [-0.2, -0.15) is 0 Å². The largest absolute Gasteiger partial charge is 0.486 e. The maximum absolute atomic E-state index is 13.2. The van der Waals surface area contributed by atoms with Gasteiger partial charge < -0.3 is 15.0 Å². The van der Waals surface area contributed by atoms with E-state index in [0.717, 1.165) is 33.9 Å². The fourth-order valence-corrected chi connectivity index (χ4v) is 5.59. The highest BCUT2D eigenvalue weighted by molar-refractivity contribution is 7.09. The van der Waals surface area contributed by atoms with E-state index in [9.17, 15) is 9.59 Å². The van der Waals surface area contributed by atoms with Gasteiger partial charge in [-0.15, -0.1) is 11.3 Å². The lowest BCUT2D eigenvalue weighted by Gasteiger charge is -2.38. The fourth-order valence-electron chi connectivity index (χ4n) is 4.91. The molecule has 39 heavy (non-hydrogen) atoms. The minimum Gasteiger partial charge on any atom is -0.486 e. The van der Waals surface area contributed by atoms with E-state index in [2.05, 4.69) is 48.4 Å². The molecule has 0 radical (unpaired) electrons. The molecule has 2 amide bonds. The van der Waals surface area contributed by atoms with Crippen molar-refractivity contribution in [2.75, 3.05) is 6.54 Å². The molecule has 0 saturated carbocycles. The summed E-state index contributed by atoms with van der Waals surface area (Å²) >= 11 is 1.41. The molecule has 0 spiro atoms. The second-order valence-corrected chi connectivity index (χ2v) is 11.1. The second kappa shape index (κ2) is 12.3. The Labute approximate surface area is 233 Å². The van der Waals surface area contributed by atoms with Crippen LogP contribution < -0.4 is 10.1 Å². The molecule has 1 aliphatic rings. The topological polar surface area (TPSA) is 71.5 Å². The quantitative estimate of drug-likeness (QED) is 0.276. The molecule has 200 valence electrons. The van der Waals surface area contributed by atoms with Crippen molar-refractivity contribution < 1.29 is 14.3 Å². The molecule has 4 aromatic rings. The van der Waals surface area contributed by atoms with E-state index < -0.39 is 0 Å². The fraction of sp³-hybridized carbons (Fsp3) is 0.281. The molecule has 5 rings (SSSR count). The number of carbonyl (C=O) groups excluding carboxylic acids is 2. The molecule has 1 aliphatic heterocycles. The van der Waals surface area contributed by atoms with E-state index in [1.165, 1.54) is 16.9 Å². The van der Waals surface area contributed by atoms with Crippen molar-refractivity contribution in [2.45, 2.75) is 45.9 Å². The zero-order valence-electron chi connectivity index (χ0n) is 22.3. The number of ether oxygens (including phenoxy) is 1. The molecule has 1 unspecified atom stereocenters. The third-order valence-electron chi connectivity index (χ3n) is 6.81. The molecule has 0 fully saturated rings. The van der Waals surface area contributed by atoms with Gasteiger partial charge in [-0.1, -0.05) is 80.6 Å². The monoisotopic (exact) mass is 539 g/mol. The molecule has 1 atom stereocenters. The van der Waals surface area contributed by atoms with Crippen molar-refractivity contribution in [3.63, 3.8) is 0 Å². The molecule has 0 aliphatic carbocycles. The van der Waals surface area contributed by atoms with Crippen molar-refractivity contribution >= 4 is 23.2 Å². The van der Waals surface area contributed by atoms with E-state index >= 15 is 0 Å². The van der Waals surface area contributed by atoms with Crippen LogP contribution in [0.5, 0.6) is 5.75 Å². The lowest BCUT2D eigenvalue weighted by atomic mass is 9.87. The molecule has 7 heteroatoms. The predicted octanol–water partition coefficient (Wildman–Crippen LogP) is 6.17. The van der Waals surface area contributed by atoms with E-state index in [1.54, 1.807) is 5.38 Å². The van der Waals surface area contributed by atoms with Gasteiger partial charge in [0.2, 0.25) is 5.91 Å². The van der Waals surface area contributed by atoms with Crippen LogP contribution in [0.4, 0.5) is 0 Å². The van der Waals surface area contributed by atoms with Gasteiger partial charge in [-0.25, -0.2) is 4.98 Å². The lowest BCUT2D eigenvalue weighted by Crippen LogP contribution is -2.41. The first-order valence-corrected chi connectivity index (χ1v) is 14.2. The highest BCUT2D eigenvalue weighted by Crippen LogP contribution is 2.38. The second-order valence-electron chi connectivity index (χ2n) is 10.2. The van der Waals surface area contributed by atoms with Crippen LogP contribution in [-0.2, 0) is 24.4 Å². The van der Waals surface area contributed by atoms with Crippen LogP contribution in [0.1, 0.15) is 64.1 Å². The van der Waals surface area contributed by atoms with Gasteiger partial charge in [0.05, 0.1) is 6.04 Å². The molecular formula is C32H33N3O3S. The van der Waals surface area contributed by atoms with Gasteiger partial charge in [0.25, 0.3) is 5.91 Å². The number of carbonyl (C=O) groups is 2. The average Bonchev–Trinajstić information content (AvgIpc) is 3.44. The Morgan fingerprint density at radius 3 is 2.54 bits per heavy atom. The summed E-state index contributed by atoms with van der Waals surface area (Å²) in [5.41, 5.74) is 4.86. The number of hydrogen-bond acceptors (Lipinski definition) is 5. The van der Waals surface area contributed by atoms with Crippen LogP contribution in [0, 0.1) is 5.92 Å². The Bertz CT molecular complexity index is 1420. The number of amides is 2. The van der Waals surface area contributed by atoms with E-state index in [4.69, 9.17) is 4.74 Å². The summed E-state index contributed by atoms with van der Waals surface area (Å²) in [4.78, 5) is 32.3. The summed E-state index contributed by atoms with van der Waals surface area (Å²) in [5.74, 6) is 0.996. The third-order valence-corrected chi connectivity index (χ3v) is 7.63. The number of hydrogen-bond donors (Lipinski definition) is 1. The first-order chi connectivity index (χ1) is 19.0. The summed E-state index contributed by atoms with van der Waals surface area (Å²) in [6.07, 6.45) is 1.34. The van der Waals surface area contributed by atoms with Crippen molar-refractivity contribution in [2.24, 2.45) is 5.92 Å². The summed E-state index contributed by atoms with van der Waals surface area (Å²) in [6.45, 7) is 5.58.